The minimum absolute atomic E-state index is 0.452. The Morgan fingerprint density at radius 2 is 2.05 bits per heavy atom. The summed E-state index contributed by atoms with van der Waals surface area (Å²) in [7, 11) is 0. The van der Waals surface area contributed by atoms with Crippen molar-refractivity contribution >= 4 is 0 Å². The quantitative estimate of drug-likeness (QED) is 0.817. The normalized spacial score (nSPS) is 19.6. The van der Waals surface area contributed by atoms with Crippen LogP contribution in [-0.4, -0.2) is 22.4 Å². The molecule has 1 atom stereocenters. The van der Waals surface area contributed by atoms with Crippen LogP contribution in [0.2, 0.25) is 0 Å². The summed E-state index contributed by atoms with van der Waals surface area (Å²) >= 11 is 0. The molecular weight excluding hydrogens is 246 g/mol. The molecule has 3 nitrogen and oxygen atoms in total. The van der Waals surface area contributed by atoms with E-state index in [1.54, 1.807) is 0 Å². The number of rotatable bonds is 7. The molecule has 1 saturated carbocycles. The number of hydrogen-bond acceptors (Lipinski definition) is 2. The third kappa shape index (κ3) is 3.63. The highest BCUT2D eigenvalue weighted by Crippen LogP contribution is 2.41. The Kier molecular flexibility index (Phi) is 5.25. The van der Waals surface area contributed by atoms with Crippen LogP contribution >= 0.6 is 0 Å². The molecule has 1 aliphatic rings. The number of aromatic nitrogens is 2. The average Bonchev–Trinajstić information content (AvgIpc) is 3.04. The van der Waals surface area contributed by atoms with Gasteiger partial charge in [0.25, 0.3) is 0 Å². The summed E-state index contributed by atoms with van der Waals surface area (Å²) in [5, 5.41) is 8.53. The number of nitrogens with one attached hydrogen (secondary N) is 1. The standard InChI is InChI=1S/C17H31N3/c1-5-11-18-16(17(4)9-6-7-10-17)13-15-8-12-20(19-15)14(2)3/h8,12,14,16,18H,5-7,9-11,13H2,1-4H3. The van der Waals surface area contributed by atoms with Crippen molar-refractivity contribution in [1.82, 2.24) is 15.1 Å². The highest BCUT2D eigenvalue weighted by Gasteiger charge is 2.36. The van der Waals surface area contributed by atoms with Gasteiger partial charge < -0.3 is 5.32 Å². The largest absolute Gasteiger partial charge is 0.313 e. The SMILES string of the molecule is CCCNC(Cc1ccn(C(C)C)n1)C1(C)CCCC1. The lowest BCUT2D eigenvalue weighted by Gasteiger charge is -2.34. The highest BCUT2D eigenvalue weighted by atomic mass is 15.3. The van der Waals surface area contributed by atoms with Crippen LogP contribution in [0.1, 0.15) is 71.5 Å². The van der Waals surface area contributed by atoms with Gasteiger partial charge in [-0.15, -0.1) is 0 Å². The molecule has 114 valence electrons. The van der Waals surface area contributed by atoms with Gasteiger partial charge in [-0.1, -0.05) is 26.7 Å². The molecule has 0 amide bonds. The lowest BCUT2D eigenvalue weighted by atomic mass is 9.78. The Bertz CT molecular complexity index is 402. The Morgan fingerprint density at radius 3 is 2.60 bits per heavy atom. The Morgan fingerprint density at radius 1 is 1.35 bits per heavy atom. The highest BCUT2D eigenvalue weighted by molar-refractivity contribution is 5.05. The van der Waals surface area contributed by atoms with Crippen molar-refractivity contribution in [2.45, 2.75) is 78.3 Å². The van der Waals surface area contributed by atoms with Crippen molar-refractivity contribution < 1.29 is 0 Å². The Balaban J connectivity index is 2.06. The van der Waals surface area contributed by atoms with Crippen molar-refractivity contribution in [2.24, 2.45) is 5.41 Å². The Labute approximate surface area is 124 Å². The molecule has 1 N–H and O–H groups in total. The van der Waals surface area contributed by atoms with E-state index in [9.17, 15) is 0 Å². The zero-order valence-electron chi connectivity index (χ0n) is 13.7. The third-order valence-corrected chi connectivity index (χ3v) is 4.83. The number of nitrogens with zero attached hydrogens (tertiary/aromatic N) is 2. The van der Waals surface area contributed by atoms with Crippen molar-refractivity contribution in [3.63, 3.8) is 0 Å². The molecule has 1 aromatic rings. The maximum atomic E-state index is 4.74. The van der Waals surface area contributed by atoms with Crippen LogP contribution in [0.4, 0.5) is 0 Å². The third-order valence-electron chi connectivity index (χ3n) is 4.83. The van der Waals surface area contributed by atoms with Gasteiger partial charge in [0.1, 0.15) is 0 Å². The first kappa shape index (κ1) is 15.6. The van der Waals surface area contributed by atoms with Gasteiger partial charge in [-0.05, 0) is 51.1 Å². The van der Waals surface area contributed by atoms with Crippen LogP contribution in [0, 0.1) is 5.41 Å². The fourth-order valence-electron chi connectivity index (χ4n) is 3.40. The van der Waals surface area contributed by atoms with E-state index >= 15 is 0 Å². The van der Waals surface area contributed by atoms with Gasteiger partial charge >= 0.3 is 0 Å². The summed E-state index contributed by atoms with van der Waals surface area (Å²) in [6.45, 7) is 10.2. The van der Waals surface area contributed by atoms with E-state index in [1.165, 1.54) is 37.8 Å². The smallest absolute Gasteiger partial charge is 0.0640 e. The molecule has 1 aromatic heterocycles. The lowest BCUT2D eigenvalue weighted by Crippen LogP contribution is -2.44. The predicted molar refractivity (Wildman–Crippen MR) is 85.0 cm³/mol. The van der Waals surface area contributed by atoms with Gasteiger partial charge in [-0.25, -0.2) is 0 Å². The molecule has 1 heterocycles. The predicted octanol–water partition coefficient (Wildman–Crippen LogP) is 3.96. The molecule has 0 aromatic carbocycles. The van der Waals surface area contributed by atoms with E-state index in [4.69, 9.17) is 5.10 Å². The maximum absolute atomic E-state index is 4.74. The summed E-state index contributed by atoms with van der Waals surface area (Å²) < 4.78 is 2.07. The van der Waals surface area contributed by atoms with Crippen LogP contribution in [0.15, 0.2) is 12.3 Å². The summed E-state index contributed by atoms with van der Waals surface area (Å²) in [5.41, 5.74) is 1.69. The van der Waals surface area contributed by atoms with Crippen molar-refractivity contribution in [2.75, 3.05) is 6.54 Å². The molecule has 0 saturated heterocycles. The number of hydrogen-bond donors (Lipinski definition) is 1. The molecule has 0 aliphatic heterocycles. The second-order valence-corrected chi connectivity index (χ2v) is 6.95. The average molecular weight is 277 g/mol. The summed E-state index contributed by atoms with van der Waals surface area (Å²) in [6.07, 6.45) is 9.89. The van der Waals surface area contributed by atoms with Crippen LogP contribution in [0.5, 0.6) is 0 Å². The molecule has 3 heteroatoms. The van der Waals surface area contributed by atoms with Crippen molar-refractivity contribution in [3.8, 4) is 0 Å². The minimum Gasteiger partial charge on any atom is -0.313 e. The van der Waals surface area contributed by atoms with Crippen molar-refractivity contribution in [3.05, 3.63) is 18.0 Å². The van der Waals surface area contributed by atoms with E-state index in [0.29, 0.717) is 17.5 Å². The van der Waals surface area contributed by atoms with Crippen molar-refractivity contribution in [1.29, 1.82) is 0 Å². The van der Waals surface area contributed by atoms with E-state index in [0.717, 1.165) is 13.0 Å². The molecule has 0 radical (unpaired) electrons. The maximum Gasteiger partial charge on any atom is 0.0640 e. The van der Waals surface area contributed by atoms with Crippen LogP contribution < -0.4 is 5.32 Å². The lowest BCUT2D eigenvalue weighted by molar-refractivity contribution is 0.218. The summed E-state index contributed by atoms with van der Waals surface area (Å²) in [6, 6.07) is 3.21. The van der Waals surface area contributed by atoms with Gasteiger partial charge in [-0.2, -0.15) is 5.10 Å². The zero-order chi connectivity index (χ0) is 14.6. The van der Waals surface area contributed by atoms with Crippen LogP contribution in [0.25, 0.3) is 0 Å². The summed E-state index contributed by atoms with van der Waals surface area (Å²) in [5.74, 6) is 0. The fraction of sp³-hybridized carbons (Fsp3) is 0.824. The second-order valence-electron chi connectivity index (χ2n) is 6.95. The van der Waals surface area contributed by atoms with Gasteiger partial charge in [0, 0.05) is 24.7 Å². The molecule has 20 heavy (non-hydrogen) atoms. The van der Waals surface area contributed by atoms with Gasteiger partial charge in [0.15, 0.2) is 0 Å². The zero-order valence-corrected chi connectivity index (χ0v) is 13.7. The first-order valence-corrected chi connectivity index (χ1v) is 8.32. The second kappa shape index (κ2) is 6.75. The van der Waals surface area contributed by atoms with E-state index in [-0.39, 0.29) is 0 Å². The van der Waals surface area contributed by atoms with Gasteiger partial charge in [0.05, 0.1) is 5.69 Å². The van der Waals surface area contributed by atoms with Crippen LogP contribution in [0.3, 0.4) is 0 Å². The van der Waals surface area contributed by atoms with Gasteiger partial charge in [0.2, 0.25) is 0 Å². The molecule has 1 unspecified atom stereocenters. The van der Waals surface area contributed by atoms with E-state index in [1.807, 2.05) is 0 Å². The first-order chi connectivity index (χ1) is 9.55. The van der Waals surface area contributed by atoms with E-state index < -0.39 is 0 Å². The Hall–Kier alpha value is -0.830. The molecule has 2 rings (SSSR count). The van der Waals surface area contributed by atoms with Crippen LogP contribution in [-0.2, 0) is 6.42 Å². The topological polar surface area (TPSA) is 29.9 Å². The molecular formula is C17H31N3. The van der Waals surface area contributed by atoms with E-state index in [2.05, 4.69) is 50.0 Å². The minimum atomic E-state index is 0.452. The fourth-order valence-corrected chi connectivity index (χ4v) is 3.40. The molecule has 0 bridgehead atoms. The first-order valence-electron chi connectivity index (χ1n) is 8.32. The van der Waals surface area contributed by atoms with Gasteiger partial charge in [-0.3, -0.25) is 4.68 Å². The molecule has 1 fully saturated rings. The monoisotopic (exact) mass is 277 g/mol. The summed E-state index contributed by atoms with van der Waals surface area (Å²) in [4.78, 5) is 0. The molecule has 1 aliphatic carbocycles. The molecule has 0 spiro atoms.